The van der Waals surface area contributed by atoms with Gasteiger partial charge in [-0.3, -0.25) is 14.2 Å². The quantitative estimate of drug-likeness (QED) is 0.840. The van der Waals surface area contributed by atoms with Crippen molar-refractivity contribution in [3.8, 4) is 0 Å². The van der Waals surface area contributed by atoms with Crippen LogP contribution in [-0.2, 0) is 11.3 Å². The summed E-state index contributed by atoms with van der Waals surface area (Å²) >= 11 is 1.94. The number of amides is 1. The molecule has 0 aliphatic carbocycles. The first-order valence-electron chi connectivity index (χ1n) is 5.64. The Morgan fingerprint density at radius 3 is 2.74 bits per heavy atom. The molecule has 0 radical (unpaired) electrons. The molecule has 5 nitrogen and oxygen atoms in total. The van der Waals surface area contributed by atoms with Crippen LogP contribution in [0.2, 0.25) is 0 Å². The Morgan fingerprint density at radius 1 is 1.37 bits per heavy atom. The molecule has 0 unspecified atom stereocenters. The van der Waals surface area contributed by atoms with Crippen molar-refractivity contribution >= 4 is 34.2 Å². The number of para-hydroxylation sites is 1. The van der Waals surface area contributed by atoms with Gasteiger partial charge in [-0.2, -0.15) is 0 Å². The molecule has 0 bridgehead atoms. The van der Waals surface area contributed by atoms with Crippen molar-refractivity contribution in [3.63, 3.8) is 0 Å². The minimum atomic E-state index is -0.255. The first-order chi connectivity index (χ1) is 9.08. The van der Waals surface area contributed by atoms with E-state index in [4.69, 9.17) is 0 Å². The smallest absolute Gasteiger partial charge is 0.267 e. The fraction of sp³-hybridized carbons (Fsp3) is 0.154. The molecule has 0 spiro atoms. The van der Waals surface area contributed by atoms with E-state index in [2.05, 4.69) is 10.3 Å². The molecule has 19 heavy (non-hydrogen) atoms. The average molecular weight is 369 g/mol. The molecule has 0 aliphatic rings. The highest BCUT2D eigenvalue weighted by Crippen LogP contribution is 2.05. The highest BCUT2D eigenvalue weighted by atomic mass is 127. The van der Waals surface area contributed by atoms with E-state index in [1.54, 1.807) is 19.1 Å². The van der Waals surface area contributed by atoms with E-state index in [9.17, 15) is 9.59 Å². The second-order valence-corrected chi connectivity index (χ2v) is 5.07. The second-order valence-electron chi connectivity index (χ2n) is 3.99. The highest BCUT2D eigenvalue weighted by molar-refractivity contribution is 14.1. The van der Waals surface area contributed by atoms with Gasteiger partial charge in [0.15, 0.2) is 0 Å². The van der Waals surface area contributed by atoms with Crippen LogP contribution in [0.15, 0.2) is 41.5 Å². The van der Waals surface area contributed by atoms with Crippen molar-refractivity contribution in [1.82, 2.24) is 9.55 Å². The zero-order valence-corrected chi connectivity index (χ0v) is 12.4. The van der Waals surface area contributed by atoms with E-state index in [1.807, 2.05) is 40.8 Å². The van der Waals surface area contributed by atoms with Crippen molar-refractivity contribution in [1.29, 1.82) is 0 Å². The number of benzene rings is 1. The summed E-state index contributed by atoms with van der Waals surface area (Å²) in [6.07, 6.45) is 1.39. The van der Waals surface area contributed by atoms with Gasteiger partial charge in [0.05, 0.1) is 15.6 Å². The van der Waals surface area contributed by atoms with E-state index in [0.29, 0.717) is 15.0 Å². The number of aryl methyl sites for hydroxylation is 1. The van der Waals surface area contributed by atoms with E-state index >= 15 is 0 Å². The van der Waals surface area contributed by atoms with E-state index in [1.165, 1.54) is 10.9 Å². The number of aromatic nitrogens is 2. The summed E-state index contributed by atoms with van der Waals surface area (Å²) < 4.78 is 1.83. The molecular weight excluding hydrogens is 357 g/mol. The Labute approximate surface area is 123 Å². The summed E-state index contributed by atoms with van der Waals surface area (Å²) in [5.41, 5.74) is 1.18. The minimum Gasteiger partial charge on any atom is -0.325 e. The maximum atomic E-state index is 11.9. The van der Waals surface area contributed by atoms with Gasteiger partial charge in [0.2, 0.25) is 5.91 Å². The third kappa shape index (κ3) is 3.40. The molecule has 2 aromatic rings. The number of hydrogen-bond donors (Lipinski definition) is 1. The lowest BCUT2D eigenvalue weighted by atomic mass is 10.3. The van der Waals surface area contributed by atoms with Gasteiger partial charge in [0, 0.05) is 5.69 Å². The zero-order valence-electron chi connectivity index (χ0n) is 10.3. The molecule has 6 heteroatoms. The van der Waals surface area contributed by atoms with Crippen molar-refractivity contribution in [2.24, 2.45) is 0 Å². The van der Waals surface area contributed by atoms with E-state index < -0.39 is 0 Å². The number of carbonyl (C=O) groups is 1. The predicted octanol–water partition coefficient (Wildman–Crippen LogP) is 1.80. The van der Waals surface area contributed by atoms with Crippen LogP contribution in [0.1, 0.15) is 5.69 Å². The van der Waals surface area contributed by atoms with Gasteiger partial charge < -0.3 is 5.32 Å². The molecule has 0 aliphatic heterocycles. The van der Waals surface area contributed by atoms with Crippen LogP contribution in [0.4, 0.5) is 5.69 Å². The molecule has 0 saturated carbocycles. The first kappa shape index (κ1) is 13.7. The molecule has 2 rings (SSSR count). The molecule has 1 N–H and O–H groups in total. The molecular formula is C13H12IN3O2. The Bertz CT molecular complexity index is 653. The largest absolute Gasteiger partial charge is 0.325 e. The van der Waals surface area contributed by atoms with Gasteiger partial charge in [0.1, 0.15) is 6.54 Å². The Morgan fingerprint density at radius 2 is 2.05 bits per heavy atom. The topological polar surface area (TPSA) is 64.0 Å². The summed E-state index contributed by atoms with van der Waals surface area (Å²) in [5, 5.41) is 2.72. The van der Waals surface area contributed by atoms with Gasteiger partial charge in [-0.25, -0.2) is 4.98 Å². The van der Waals surface area contributed by atoms with Crippen molar-refractivity contribution < 1.29 is 4.79 Å². The van der Waals surface area contributed by atoms with Crippen LogP contribution in [0.5, 0.6) is 0 Å². The summed E-state index contributed by atoms with van der Waals surface area (Å²) in [4.78, 5) is 27.8. The standard InChI is InChI=1S/C13H12IN3O2/c1-9-12(14)13(19)17(8-15-9)7-11(18)16-10-5-3-2-4-6-10/h2-6,8H,7H2,1H3,(H,16,18). The molecule has 1 aromatic carbocycles. The van der Waals surface area contributed by atoms with Crippen LogP contribution in [0.25, 0.3) is 0 Å². The SMILES string of the molecule is Cc1ncn(CC(=O)Nc2ccccc2)c(=O)c1I. The average Bonchev–Trinajstić information content (AvgIpc) is 2.41. The summed E-state index contributed by atoms with van der Waals surface area (Å²) in [7, 11) is 0. The lowest BCUT2D eigenvalue weighted by molar-refractivity contribution is -0.116. The number of halogens is 1. The Kier molecular flexibility index (Phi) is 4.31. The number of rotatable bonds is 3. The van der Waals surface area contributed by atoms with Gasteiger partial charge in [-0.15, -0.1) is 0 Å². The van der Waals surface area contributed by atoms with E-state index in [-0.39, 0.29) is 18.0 Å². The molecule has 1 heterocycles. The molecule has 0 saturated heterocycles. The molecule has 1 aromatic heterocycles. The van der Waals surface area contributed by atoms with Gasteiger partial charge in [-0.1, -0.05) is 18.2 Å². The maximum Gasteiger partial charge on any atom is 0.267 e. The van der Waals surface area contributed by atoms with Crippen molar-refractivity contribution in [3.05, 3.63) is 56.3 Å². The molecule has 98 valence electrons. The Hall–Kier alpha value is -1.70. The van der Waals surface area contributed by atoms with Crippen LogP contribution in [-0.4, -0.2) is 15.5 Å². The second kappa shape index (κ2) is 5.96. The number of carbonyl (C=O) groups excluding carboxylic acids is 1. The summed E-state index contributed by atoms with van der Waals surface area (Å²) in [6, 6.07) is 9.11. The van der Waals surface area contributed by atoms with Crippen LogP contribution < -0.4 is 10.9 Å². The normalized spacial score (nSPS) is 10.2. The predicted molar refractivity (Wildman–Crippen MR) is 81.0 cm³/mol. The fourth-order valence-corrected chi connectivity index (χ4v) is 1.98. The lowest BCUT2D eigenvalue weighted by Crippen LogP contribution is -2.29. The Balaban J connectivity index is 2.12. The minimum absolute atomic E-state index is 0.0446. The number of nitrogens with zero attached hydrogens (tertiary/aromatic N) is 2. The van der Waals surface area contributed by atoms with Gasteiger partial charge >= 0.3 is 0 Å². The summed E-state index contributed by atoms with van der Waals surface area (Å²) in [5.74, 6) is -0.255. The molecule has 0 atom stereocenters. The van der Waals surface area contributed by atoms with Gasteiger partial charge in [-0.05, 0) is 41.6 Å². The first-order valence-corrected chi connectivity index (χ1v) is 6.72. The molecule has 0 fully saturated rings. The number of anilines is 1. The fourth-order valence-electron chi connectivity index (χ4n) is 1.54. The maximum absolute atomic E-state index is 11.9. The van der Waals surface area contributed by atoms with Crippen molar-refractivity contribution in [2.45, 2.75) is 13.5 Å². The van der Waals surface area contributed by atoms with Crippen LogP contribution in [0, 0.1) is 10.5 Å². The highest BCUT2D eigenvalue weighted by Gasteiger charge is 2.09. The third-order valence-electron chi connectivity index (χ3n) is 2.53. The summed E-state index contributed by atoms with van der Waals surface area (Å²) in [6.45, 7) is 1.72. The lowest BCUT2D eigenvalue weighted by Gasteiger charge is -2.08. The number of nitrogens with one attached hydrogen (secondary N) is 1. The van der Waals surface area contributed by atoms with Crippen LogP contribution >= 0.6 is 22.6 Å². The van der Waals surface area contributed by atoms with Crippen molar-refractivity contribution in [2.75, 3.05) is 5.32 Å². The van der Waals surface area contributed by atoms with Gasteiger partial charge in [0.25, 0.3) is 5.56 Å². The third-order valence-corrected chi connectivity index (χ3v) is 3.77. The molecule has 1 amide bonds. The number of hydrogen-bond acceptors (Lipinski definition) is 3. The monoisotopic (exact) mass is 369 g/mol. The van der Waals surface area contributed by atoms with Crippen LogP contribution in [0.3, 0.4) is 0 Å². The zero-order chi connectivity index (χ0) is 13.8. The van der Waals surface area contributed by atoms with E-state index in [0.717, 1.165) is 0 Å².